The van der Waals surface area contributed by atoms with E-state index in [0.717, 1.165) is 15.6 Å². The molecule has 2 heterocycles. The van der Waals surface area contributed by atoms with E-state index in [1.807, 2.05) is 31.0 Å². The summed E-state index contributed by atoms with van der Waals surface area (Å²) in [6.45, 7) is 5.75. The lowest BCUT2D eigenvalue weighted by atomic mass is 9.86. The molecule has 1 aromatic rings. The summed E-state index contributed by atoms with van der Waals surface area (Å²) < 4.78 is 5.83. The number of ether oxygens (including phenoxy) is 1. The number of hydrogen-bond acceptors (Lipinski definition) is 6. The SMILES string of the molecule is COCCON1C(=O)C(c2cc(C)c(C)cc2Br)=C(O)C12CCN(OC)CC2. The Morgan fingerprint density at radius 3 is 2.39 bits per heavy atom. The highest BCUT2D eigenvalue weighted by Gasteiger charge is 2.55. The number of amides is 1. The van der Waals surface area contributed by atoms with E-state index in [1.54, 1.807) is 14.2 Å². The number of piperidine rings is 1. The zero-order chi connectivity index (χ0) is 20.5. The van der Waals surface area contributed by atoms with Gasteiger partial charge in [0.2, 0.25) is 0 Å². The summed E-state index contributed by atoms with van der Waals surface area (Å²) in [5.74, 6) is -0.266. The molecule has 2 aliphatic heterocycles. The number of aliphatic hydroxyl groups excluding tert-OH is 1. The highest BCUT2D eigenvalue weighted by molar-refractivity contribution is 9.10. The van der Waals surface area contributed by atoms with Crippen LogP contribution in [0.2, 0.25) is 0 Å². The van der Waals surface area contributed by atoms with Crippen LogP contribution < -0.4 is 0 Å². The van der Waals surface area contributed by atoms with Gasteiger partial charge in [-0.2, -0.15) is 5.06 Å². The molecule has 7 nitrogen and oxygen atoms in total. The van der Waals surface area contributed by atoms with Gasteiger partial charge in [-0.1, -0.05) is 15.9 Å². The van der Waals surface area contributed by atoms with Crippen molar-refractivity contribution in [1.82, 2.24) is 10.1 Å². The van der Waals surface area contributed by atoms with Crippen molar-refractivity contribution >= 4 is 27.4 Å². The molecule has 0 unspecified atom stereocenters. The van der Waals surface area contributed by atoms with Crippen LogP contribution in [-0.4, -0.2) is 67.2 Å². The van der Waals surface area contributed by atoms with Crippen LogP contribution in [0.15, 0.2) is 22.4 Å². The monoisotopic (exact) mass is 454 g/mol. The number of carbonyl (C=O) groups is 1. The van der Waals surface area contributed by atoms with Gasteiger partial charge in [0.25, 0.3) is 5.91 Å². The van der Waals surface area contributed by atoms with Crippen molar-refractivity contribution in [3.8, 4) is 0 Å². The van der Waals surface area contributed by atoms with Gasteiger partial charge >= 0.3 is 0 Å². The molecular formula is C20H27BrN2O5. The first-order valence-corrected chi connectivity index (χ1v) is 10.1. The summed E-state index contributed by atoms with van der Waals surface area (Å²) in [7, 11) is 3.20. The van der Waals surface area contributed by atoms with Crippen LogP contribution in [0, 0.1) is 13.8 Å². The Hall–Kier alpha value is -1.45. The minimum absolute atomic E-state index is 0.0645. The fraction of sp³-hybridized carbons (Fsp3) is 0.550. The number of hydroxylamine groups is 4. The molecule has 0 bridgehead atoms. The van der Waals surface area contributed by atoms with Crippen LogP contribution in [0.25, 0.3) is 5.57 Å². The zero-order valence-electron chi connectivity index (χ0n) is 16.7. The van der Waals surface area contributed by atoms with Gasteiger partial charge < -0.3 is 14.7 Å². The predicted octanol–water partition coefficient (Wildman–Crippen LogP) is 3.15. The first-order chi connectivity index (χ1) is 13.4. The number of benzene rings is 1. The number of halogens is 1. The maximum Gasteiger partial charge on any atom is 0.282 e. The maximum atomic E-state index is 13.4. The van der Waals surface area contributed by atoms with E-state index in [4.69, 9.17) is 14.4 Å². The smallest absolute Gasteiger partial charge is 0.282 e. The topological polar surface area (TPSA) is 71.5 Å². The number of aryl methyl sites for hydroxylation is 2. The second-order valence-electron chi connectivity index (χ2n) is 7.21. The lowest BCUT2D eigenvalue weighted by Crippen LogP contribution is -2.55. The molecule has 1 spiro atoms. The van der Waals surface area contributed by atoms with Gasteiger partial charge in [-0.05, 0) is 49.9 Å². The molecule has 1 amide bonds. The van der Waals surface area contributed by atoms with Crippen LogP contribution in [0.5, 0.6) is 0 Å². The van der Waals surface area contributed by atoms with Crippen LogP contribution in [0.4, 0.5) is 0 Å². The molecule has 1 fully saturated rings. The Morgan fingerprint density at radius 1 is 1.14 bits per heavy atom. The molecule has 0 aromatic heterocycles. The third kappa shape index (κ3) is 3.59. The van der Waals surface area contributed by atoms with Crippen molar-refractivity contribution in [2.75, 3.05) is 40.5 Å². The summed E-state index contributed by atoms with van der Waals surface area (Å²) in [5.41, 5.74) is 2.23. The summed E-state index contributed by atoms with van der Waals surface area (Å²) in [4.78, 5) is 24.5. The van der Waals surface area contributed by atoms with E-state index in [9.17, 15) is 9.90 Å². The number of aliphatic hydroxyl groups is 1. The third-order valence-electron chi connectivity index (χ3n) is 5.63. The average Bonchev–Trinajstić information content (AvgIpc) is 2.87. The summed E-state index contributed by atoms with van der Waals surface area (Å²) >= 11 is 3.56. The average molecular weight is 455 g/mol. The largest absolute Gasteiger partial charge is 0.509 e. The molecule has 154 valence electrons. The molecule has 8 heteroatoms. The van der Waals surface area contributed by atoms with Gasteiger partial charge in [0, 0.05) is 30.2 Å². The summed E-state index contributed by atoms with van der Waals surface area (Å²) in [5, 5.41) is 14.5. The minimum atomic E-state index is -0.895. The van der Waals surface area contributed by atoms with Crippen molar-refractivity contribution in [3.05, 3.63) is 39.1 Å². The first-order valence-electron chi connectivity index (χ1n) is 9.32. The van der Waals surface area contributed by atoms with Gasteiger partial charge in [-0.3, -0.25) is 9.63 Å². The van der Waals surface area contributed by atoms with Gasteiger partial charge in [0.05, 0.1) is 25.9 Å². The number of nitrogens with zero attached hydrogens (tertiary/aromatic N) is 2. The Labute approximate surface area is 173 Å². The van der Waals surface area contributed by atoms with Crippen molar-refractivity contribution in [2.45, 2.75) is 32.2 Å². The van der Waals surface area contributed by atoms with Crippen molar-refractivity contribution < 1.29 is 24.3 Å². The molecule has 3 rings (SSSR count). The van der Waals surface area contributed by atoms with Crippen molar-refractivity contribution in [1.29, 1.82) is 0 Å². The quantitative estimate of drug-likeness (QED) is 0.665. The van der Waals surface area contributed by atoms with E-state index < -0.39 is 5.54 Å². The fourth-order valence-corrected chi connectivity index (χ4v) is 4.47. The molecule has 1 aromatic carbocycles. The predicted molar refractivity (Wildman–Crippen MR) is 108 cm³/mol. The van der Waals surface area contributed by atoms with Crippen LogP contribution >= 0.6 is 15.9 Å². The van der Waals surface area contributed by atoms with Gasteiger partial charge in [-0.15, -0.1) is 0 Å². The van der Waals surface area contributed by atoms with E-state index in [-0.39, 0.29) is 18.3 Å². The minimum Gasteiger partial charge on any atom is -0.509 e. The Morgan fingerprint density at radius 2 is 1.79 bits per heavy atom. The second-order valence-corrected chi connectivity index (χ2v) is 8.06. The van der Waals surface area contributed by atoms with E-state index in [1.165, 1.54) is 5.06 Å². The lowest BCUT2D eigenvalue weighted by molar-refractivity contribution is -0.235. The maximum absolute atomic E-state index is 13.4. The third-order valence-corrected chi connectivity index (χ3v) is 6.29. The van der Waals surface area contributed by atoms with E-state index in [0.29, 0.717) is 43.7 Å². The van der Waals surface area contributed by atoms with Gasteiger partial charge in [-0.25, -0.2) is 5.06 Å². The molecule has 0 saturated carbocycles. The molecule has 28 heavy (non-hydrogen) atoms. The van der Waals surface area contributed by atoms with Crippen LogP contribution in [0.1, 0.15) is 29.5 Å². The molecular weight excluding hydrogens is 428 g/mol. The number of methoxy groups -OCH3 is 1. The summed E-state index contributed by atoms with van der Waals surface area (Å²) in [6.07, 6.45) is 1.02. The molecule has 0 radical (unpaired) electrons. The molecule has 1 saturated heterocycles. The fourth-order valence-electron chi connectivity index (χ4n) is 3.81. The van der Waals surface area contributed by atoms with Crippen molar-refractivity contribution in [2.24, 2.45) is 0 Å². The molecule has 0 aliphatic carbocycles. The second kappa shape index (κ2) is 8.51. The van der Waals surface area contributed by atoms with Gasteiger partial charge in [0.15, 0.2) is 0 Å². The lowest BCUT2D eigenvalue weighted by Gasteiger charge is -2.42. The Bertz CT molecular complexity index is 787. The molecule has 2 aliphatic rings. The highest BCUT2D eigenvalue weighted by atomic mass is 79.9. The van der Waals surface area contributed by atoms with E-state index >= 15 is 0 Å². The molecule has 1 N–H and O–H groups in total. The summed E-state index contributed by atoms with van der Waals surface area (Å²) in [6, 6.07) is 3.90. The molecule has 0 atom stereocenters. The number of carbonyl (C=O) groups excluding carboxylic acids is 1. The van der Waals surface area contributed by atoms with E-state index in [2.05, 4.69) is 15.9 Å². The Kier molecular flexibility index (Phi) is 6.46. The first kappa shape index (κ1) is 21.3. The van der Waals surface area contributed by atoms with Crippen LogP contribution in [-0.2, 0) is 19.2 Å². The number of hydrogen-bond donors (Lipinski definition) is 1. The van der Waals surface area contributed by atoms with Crippen LogP contribution in [0.3, 0.4) is 0 Å². The number of rotatable bonds is 6. The normalized spacial score (nSPS) is 19.9. The van der Waals surface area contributed by atoms with Gasteiger partial charge in [0.1, 0.15) is 11.3 Å². The highest BCUT2D eigenvalue weighted by Crippen LogP contribution is 2.46. The Balaban J connectivity index is 2.04. The zero-order valence-corrected chi connectivity index (χ0v) is 18.3. The standard InChI is InChI=1S/C20H27BrN2O5/c1-13-11-15(16(21)12-14(13)2)17-18(24)20(5-7-22(27-4)8-6-20)23(19(17)25)28-10-9-26-3/h11-12,24H,5-10H2,1-4H3. The van der Waals surface area contributed by atoms with Crippen molar-refractivity contribution in [3.63, 3.8) is 0 Å².